The highest BCUT2D eigenvalue weighted by molar-refractivity contribution is 7.94. The molecule has 0 spiro atoms. The molecule has 1 amide bonds. The molecule has 0 saturated carbocycles. The van der Waals surface area contributed by atoms with E-state index in [4.69, 9.17) is 10.8 Å². The molecule has 0 saturated heterocycles. The molecular formula is C16H17N7O4S. The Morgan fingerprint density at radius 3 is 2.64 bits per heavy atom. The lowest BCUT2D eigenvalue weighted by Crippen LogP contribution is -2.15. The number of carbonyl (C=O) groups is 1. The fourth-order valence-electron chi connectivity index (χ4n) is 2.01. The van der Waals surface area contributed by atoms with Crippen molar-refractivity contribution in [2.45, 2.75) is 4.90 Å². The third-order valence-corrected chi connectivity index (χ3v) is 3.91. The number of azo groups is 1. The van der Waals surface area contributed by atoms with Gasteiger partial charge >= 0.3 is 0 Å². The predicted octanol–water partition coefficient (Wildman–Crippen LogP) is 4.85. The van der Waals surface area contributed by atoms with E-state index < -0.39 is 5.91 Å². The number of anilines is 2. The number of amides is 1. The Bertz CT molecular complexity index is 883. The van der Waals surface area contributed by atoms with E-state index >= 15 is 0 Å². The van der Waals surface area contributed by atoms with Crippen molar-refractivity contribution in [1.82, 2.24) is 0 Å². The van der Waals surface area contributed by atoms with Gasteiger partial charge in [-0.25, -0.2) is 5.26 Å². The Morgan fingerprint density at radius 2 is 2.00 bits per heavy atom. The van der Waals surface area contributed by atoms with Crippen LogP contribution < -0.4 is 10.2 Å². The molecule has 0 aliphatic rings. The minimum atomic E-state index is -0.461. The van der Waals surface area contributed by atoms with Crippen LogP contribution in [-0.4, -0.2) is 31.8 Å². The molecular weight excluding hydrogens is 386 g/mol. The first kappa shape index (κ1) is 21.2. The van der Waals surface area contributed by atoms with Crippen molar-refractivity contribution in [2.24, 2.45) is 15.3 Å². The van der Waals surface area contributed by atoms with E-state index in [0.29, 0.717) is 22.0 Å². The van der Waals surface area contributed by atoms with Gasteiger partial charge in [-0.3, -0.25) is 4.79 Å². The lowest BCUT2D eigenvalue weighted by Gasteiger charge is -2.15. The monoisotopic (exact) mass is 403 g/mol. The van der Waals surface area contributed by atoms with Crippen LogP contribution in [0, 0.1) is 0 Å². The van der Waals surface area contributed by atoms with Gasteiger partial charge in [-0.2, -0.15) is 5.11 Å². The second kappa shape index (κ2) is 10.9. The molecule has 2 aromatic rings. The second-order valence-corrected chi connectivity index (χ2v) is 6.23. The summed E-state index contributed by atoms with van der Waals surface area (Å²) >= 11 is 0.833. The summed E-state index contributed by atoms with van der Waals surface area (Å²) in [5.74, 6) is -0.461. The van der Waals surface area contributed by atoms with Crippen LogP contribution >= 0.6 is 12.0 Å². The Labute approximate surface area is 164 Å². The van der Waals surface area contributed by atoms with E-state index in [2.05, 4.69) is 34.9 Å². The van der Waals surface area contributed by atoms with Crippen LogP contribution in [-0.2, 0) is 14.2 Å². The van der Waals surface area contributed by atoms with Crippen LogP contribution in [0.25, 0.3) is 10.4 Å². The van der Waals surface area contributed by atoms with Gasteiger partial charge in [0.15, 0.2) is 0 Å². The van der Waals surface area contributed by atoms with Crippen molar-refractivity contribution in [3.8, 4) is 0 Å². The van der Waals surface area contributed by atoms with E-state index in [-0.39, 0.29) is 6.54 Å². The first-order valence-electron chi connectivity index (χ1n) is 7.82. The van der Waals surface area contributed by atoms with Gasteiger partial charge in [0.05, 0.1) is 23.4 Å². The van der Waals surface area contributed by atoms with Crippen LogP contribution in [0.4, 0.5) is 22.7 Å². The van der Waals surface area contributed by atoms with Gasteiger partial charge in [-0.05, 0) is 48.0 Å². The fraction of sp³-hybridized carbons (Fsp3) is 0.188. The Morgan fingerprint density at radius 1 is 1.25 bits per heavy atom. The highest BCUT2D eigenvalue weighted by atomic mass is 32.2. The molecule has 2 aromatic carbocycles. The van der Waals surface area contributed by atoms with Crippen molar-refractivity contribution in [1.29, 1.82) is 0 Å². The minimum Gasteiger partial charge on any atom is -0.378 e. The Balaban J connectivity index is 2.21. The zero-order valence-electron chi connectivity index (χ0n) is 15.0. The molecule has 0 heterocycles. The van der Waals surface area contributed by atoms with Crippen molar-refractivity contribution in [2.75, 3.05) is 30.9 Å². The maximum Gasteiger partial charge on any atom is 0.230 e. The van der Waals surface area contributed by atoms with Crippen LogP contribution in [0.3, 0.4) is 0 Å². The first-order valence-corrected chi connectivity index (χ1v) is 8.56. The number of nitrogens with zero attached hydrogens (tertiary/aromatic N) is 6. The molecule has 11 nitrogen and oxygen atoms in total. The molecule has 12 heteroatoms. The molecule has 0 bridgehead atoms. The smallest absolute Gasteiger partial charge is 0.230 e. The number of rotatable bonds is 9. The van der Waals surface area contributed by atoms with Gasteiger partial charge in [-0.1, -0.05) is 10.2 Å². The summed E-state index contributed by atoms with van der Waals surface area (Å²) in [6, 6.07) is 12.1. The number of hydrogen-bond donors (Lipinski definition) is 2. The molecule has 0 fully saturated rings. The molecule has 0 aromatic heterocycles. The molecule has 28 heavy (non-hydrogen) atoms. The maximum absolute atomic E-state index is 11.9. The fourth-order valence-corrected chi connectivity index (χ4v) is 2.37. The van der Waals surface area contributed by atoms with Crippen molar-refractivity contribution < 1.29 is 19.4 Å². The summed E-state index contributed by atoms with van der Waals surface area (Å²) in [6.07, 6.45) is 0. The van der Waals surface area contributed by atoms with Gasteiger partial charge in [0.2, 0.25) is 5.91 Å². The van der Waals surface area contributed by atoms with E-state index in [1.54, 1.807) is 36.4 Å². The summed E-state index contributed by atoms with van der Waals surface area (Å²) in [5, 5.41) is 25.9. The number of carbonyl (C=O) groups excluding carboxylic acids is 1. The highest BCUT2D eigenvalue weighted by Gasteiger charge is 2.09. The normalized spacial score (nSPS) is 10.5. The SMILES string of the molecule is CN(C)c1ccc(N=Nc2ccc(SOOO)cc2)c(NC(=O)CN=[N+]=[N-])c1. The van der Waals surface area contributed by atoms with E-state index in [9.17, 15) is 4.79 Å². The quantitative estimate of drug-likeness (QED) is 0.153. The molecule has 2 N–H and O–H groups in total. The maximum atomic E-state index is 11.9. The average Bonchev–Trinajstić information content (AvgIpc) is 2.70. The Hall–Kier alpha value is -3.15. The molecule has 0 aliphatic carbocycles. The molecule has 0 aliphatic heterocycles. The molecule has 0 unspecified atom stereocenters. The first-order chi connectivity index (χ1) is 13.5. The molecule has 0 radical (unpaired) electrons. The predicted molar refractivity (Wildman–Crippen MR) is 105 cm³/mol. The molecule has 2 rings (SSSR count). The topological polar surface area (TPSA) is 145 Å². The van der Waals surface area contributed by atoms with Crippen molar-refractivity contribution >= 4 is 40.7 Å². The number of benzene rings is 2. The lowest BCUT2D eigenvalue weighted by atomic mass is 10.2. The lowest BCUT2D eigenvalue weighted by molar-refractivity contribution is -0.432. The molecule has 0 atom stereocenters. The van der Waals surface area contributed by atoms with Crippen LogP contribution in [0.15, 0.2) is 62.7 Å². The standard InChI is InChI=1S/C16H17N7O4S/c1-23(2)12-5-8-14(15(9-12)19-16(24)10-18-22-17)21-20-11-3-6-13(7-4-11)28-27-26-25/h3-9,25H,10H2,1-2H3,(H,19,24). The summed E-state index contributed by atoms with van der Waals surface area (Å²) in [6.45, 7) is -0.321. The zero-order valence-corrected chi connectivity index (χ0v) is 15.8. The Kier molecular flexibility index (Phi) is 8.21. The number of hydrogen-bond acceptors (Lipinski definition) is 9. The third kappa shape index (κ3) is 6.54. The van der Waals surface area contributed by atoms with Crippen LogP contribution in [0.1, 0.15) is 0 Å². The van der Waals surface area contributed by atoms with E-state index in [1.807, 2.05) is 25.1 Å². The van der Waals surface area contributed by atoms with E-state index in [0.717, 1.165) is 17.7 Å². The van der Waals surface area contributed by atoms with Crippen LogP contribution in [0.2, 0.25) is 0 Å². The second-order valence-electron chi connectivity index (χ2n) is 5.45. The van der Waals surface area contributed by atoms with Gasteiger partial charge < -0.3 is 10.2 Å². The van der Waals surface area contributed by atoms with Crippen molar-refractivity contribution in [3.05, 3.63) is 52.9 Å². The third-order valence-electron chi connectivity index (χ3n) is 3.32. The molecule has 146 valence electrons. The average molecular weight is 403 g/mol. The van der Waals surface area contributed by atoms with Crippen LogP contribution in [0.5, 0.6) is 0 Å². The largest absolute Gasteiger partial charge is 0.378 e. The minimum absolute atomic E-state index is 0.321. The zero-order chi connectivity index (χ0) is 20.4. The summed E-state index contributed by atoms with van der Waals surface area (Å²) in [7, 11) is 3.74. The summed E-state index contributed by atoms with van der Waals surface area (Å²) in [4.78, 5) is 17.0. The summed E-state index contributed by atoms with van der Waals surface area (Å²) < 4.78 is 4.34. The number of nitrogens with one attached hydrogen (secondary N) is 1. The van der Waals surface area contributed by atoms with E-state index in [1.165, 1.54) is 0 Å². The van der Waals surface area contributed by atoms with Gasteiger partial charge in [0, 0.05) is 29.6 Å². The van der Waals surface area contributed by atoms with Gasteiger partial charge in [-0.15, -0.1) is 9.45 Å². The van der Waals surface area contributed by atoms with Gasteiger partial charge in [0.25, 0.3) is 0 Å². The van der Waals surface area contributed by atoms with Crippen molar-refractivity contribution in [3.63, 3.8) is 0 Å². The number of azide groups is 1. The highest BCUT2D eigenvalue weighted by Crippen LogP contribution is 2.31. The van der Waals surface area contributed by atoms with Gasteiger partial charge in [0.1, 0.15) is 12.2 Å². The summed E-state index contributed by atoms with van der Waals surface area (Å²) in [5.41, 5.74) is 10.6.